The van der Waals surface area contributed by atoms with Crippen molar-refractivity contribution in [3.05, 3.63) is 65.4 Å². The second-order valence-corrected chi connectivity index (χ2v) is 6.53. The second kappa shape index (κ2) is 7.40. The summed E-state index contributed by atoms with van der Waals surface area (Å²) in [7, 11) is 0. The van der Waals surface area contributed by atoms with Crippen molar-refractivity contribution in [2.24, 2.45) is 0 Å². The molecule has 1 amide bonds. The van der Waals surface area contributed by atoms with Crippen LogP contribution < -0.4 is 11.1 Å². The first kappa shape index (κ1) is 17.0. The monoisotopic (exact) mass is 353 g/mol. The number of nitrogens with two attached hydrogens (primary N) is 1. The fraction of sp³-hybridized carbons (Fsp3) is 0.167. The summed E-state index contributed by atoms with van der Waals surface area (Å²) >= 11 is 1.61. The van der Waals surface area contributed by atoms with Crippen LogP contribution in [0.2, 0.25) is 0 Å². The lowest BCUT2D eigenvalue weighted by Gasteiger charge is -2.06. The van der Waals surface area contributed by atoms with E-state index in [1.807, 2.05) is 61.7 Å². The van der Waals surface area contributed by atoms with Gasteiger partial charge in [0.25, 0.3) is 5.91 Å². The van der Waals surface area contributed by atoms with E-state index in [-0.39, 0.29) is 17.4 Å². The van der Waals surface area contributed by atoms with E-state index in [4.69, 9.17) is 5.73 Å². The van der Waals surface area contributed by atoms with Gasteiger partial charge in [0.05, 0.1) is 6.54 Å². The first-order chi connectivity index (χ1) is 12.1. The minimum atomic E-state index is -0.370. The van der Waals surface area contributed by atoms with Gasteiger partial charge in [-0.2, -0.15) is 0 Å². The molecule has 1 aromatic heterocycles. The quantitative estimate of drug-likeness (QED) is 0.688. The molecule has 0 aliphatic rings. The van der Waals surface area contributed by atoms with Gasteiger partial charge in [0.2, 0.25) is 0 Å². The zero-order valence-electron chi connectivity index (χ0n) is 14.1. The molecule has 2 aromatic carbocycles. The van der Waals surface area contributed by atoms with Crippen LogP contribution in [0, 0.1) is 6.92 Å². The number of carbonyl (C=O) groups is 1. The molecule has 3 aromatic rings. The molecule has 6 nitrogen and oxygen atoms in total. The highest BCUT2D eigenvalue weighted by Gasteiger charge is 2.18. The van der Waals surface area contributed by atoms with Gasteiger partial charge in [0, 0.05) is 10.6 Å². The van der Waals surface area contributed by atoms with E-state index < -0.39 is 0 Å². The van der Waals surface area contributed by atoms with Gasteiger partial charge >= 0.3 is 0 Å². The van der Waals surface area contributed by atoms with Crippen LogP contribution in [0.5, 0.6) is 0 Å². The van der Waals surface area contributed by atoms with Crippen LogP contribution in [-0.4, -0.2) is 27.2 Å². The van der Waals surface area contributed by atoms with E-state index in [1.54, 1.807) is 11.8 Å². The molecule has 128 valence electrons. The van der Waals surface area contributed by atoms with E-state index in [9.17, 15) is 4.79 Å². The molecule has 0 aliphatic carbocycles. The van der Waals surface area contributed by atoms with E-state index >= 15 is 0 Å². The molecule has 0 saturated carbocycles. The van der Waals surface area contributed by atoms with E-state index in [0.717, 1.165) is 10.5 Å². The molecule has 25 heavy (non-hydrogen) atoms. The van der Waals surface area contributed by atoms with Gasteiger partial charge in [0.1, 0.15) is 0 Å². The Morgan fingerprint density at radius 1 is 1.24 bits per heavy atom. The molecule has 0 fully saturated rings. The number of amides is 1. The summed E-state index contributed by atoms with van der Waals surface area (Å²) in [5, 5.41) is 10.8. The fourth-order valence-corrected chi connectivity index (χ4v) is 2.82. The lowest BCUT2D eigenvalue weighted by atomic mass is 10.1. The Morgan fingerprint density at radius 2 is 2.00 bits per heavy atom. The molecule has 0 saturated heterocycles. The average Bonchev–Trinajstić information content (AvgIpc) is 2.98. The van der Waals surface area contributed by atoms with Crippen molar-refractivity contribution in [3.63, 3.8) is 0 Å². The fourth-order valence-electron chi connectivity index (χ4n) is 2.36. The predicted molar refractivity (Wildman–Crippen MR) is 101 cm³/mol. The summed E-state index contributed by atoms with van der Waals surface area (Å²) < 4.78 is 1.53. The normalized spacial score (nSPS) is 10.6. The van der Waals surface area contributed by atoms with E-state index in [2.05, 4.69) is 15.6 Å². The number of rotatable bonds is 5. The van der Waals surface area contributed by atoms with Gasteiger partial charge in [-0.1, -0.05) is 41.1 Å². The number of nitrogens with zero attached hydrogens (tertiary/aromatic N) is 3. The number of benzene rings is 2. The maximum Gasteiger partial charge on any atom is 0.280 e. The molecule has 0 unspecified atom stereocenters. The van der Waals surface area contributed by atoms with Crippen LogP contribution in [-0.2, 0) is 6.54 Å². The number of thioether (sulfide) groups is 1. The van der Waals surface area contributed by atoms with E-state index in [1.165, 1.54) is 10.2 Å². The number of aryl methyl sites for hydroxylation is 1. The number of hydrogen-bond acceptors (Lipinski definition) is 5. The van der Waals surface area contributed by atoms with Crippen LogP contribution in [0.25, 0.3) is 0 Å². The minimum absolute atomic E-state index is 0.127. The summed E-state index contributed by atoms with van der Waals surface area (Å²) in [6, 6.07) is 15.6. The third kappa shape index (κ3) is 4.00. The Balaban J connectivity index is 1.75. The lowest BCUT2D eigenvalue weighted by Crippen LogP contribution is -2.15. The Kier molecular flexibility index (Phi) is 5.04. The maximum absolute atomic E-state index is 12.4. The summed E-state index contributed by atoms with van der Waals surface area (Å²) in [6.07, 6.45) is 1.98. The van der Waals surface area contributed by atoms with Gasteiger partial charge in [-0.3, -0.25) is 4.79 Å². The maximum atomic E-state index is 12.4. The number of carbonyl (C=O) groups excluding carboxylic acids is 1. The van der Waals surface area contributed by atoms with Crippen LogP contribution in [0.3, 0.4) is 0 Å². The summed E-state index contributed by atoms with van der Waals surface area (Å²) in [5.74, 6) is -0.120. The Bertz CT molecular complexity index is 889. The number of anilines is 2. The number of nitrogen functional groups attached to an aromatic ring is 1. The molecular formula is C18H19N5OS. The van der Waals surface area contributed by atoms with Crippen molar-refractivity contribution in [1.82, 2.24) is 15.0 Å². The molecule has 7 heteroatoms. The highest BCUT2D eigenvalue weighted by Crippen LogP contribution is 2.20. The van der Waals surface area contributed by atoms with Gasteiger partial charge < -0.3 is 11.1 Å². The summed E-state index contributed by atoms with van der Waals surface area (Å²) in [5.41, 5.74) is 9.12. The average molecular weight is 353 g/mol. The van der Waals surface area contributed by atoms with Crippen molar-refractivity contribution < 1.29 is 4.79 Å². The molecule has 0 radical (unpaired) electrons. The molecule has 3 N–H and O–H groups in total. The molecular weight excluding hydrogens is 334 g/mol. The number of hydrogen-bond donors (Lipinski definition) is 2. The highest BCUT2D eigenvalue weighted by atomic mass is 32.2. The Morgan fingerprint density at radius 3 is 2.72 bits per heavy atom. The smallest absolute Gasteiger partial charge is 0.280 e. The third-order valence-electron chi connectivity index (χ3n) is 3.77. The summed E-state index contributed by atoms with van der Waals surface area (Å²) in [6.45, 7) is 2.50. The van der Waals surface area contributed by atoms with Gasteiger partial charge in [-0.25, -0.2) is 4.68 Å². The first-order valence-electron chi connectivity index (χ1n) is 7.76. The van der Waals surface area contributed by atoms with Crippen LogP contribution in [0.4, 0.5) is 11.5 Å². The minimum Gasteiger partial charge on any atom is -0.382 e. The molecule has 0 atom stereocenters. The van der Waals surface area contributed by atoms with Crippen molar-refractivity contribution in [2.45, 2.75) is 18.4 Å². The lowest BCUT2D eigenvalue weighted by molar-refractivity contribution is 0.102. The van der Waals surface area contributed by atoms with Crippen LogP contribution in [0.1, 0.15) is 21.6 Å². The standard InChI is InChI=1S/C18H19N5OS/c1-12-6-8-13(9-7-12)11-23-17(19)16(21-22-23)18(24)20-14-4-3-5-15(10-14)25-2/h3-10H,11,19H2,1-2H3,(H,20,24). The second-order valence-electron chi connectivity index (χ2n) is 5.65. The van der Waals surface area contributed by atoms with E-state index in [0.29, 0.717) is 12.2 Å². The SMILES string of the molecule is CSc1cccc(NC(=O)c2nnn(Cc3ccc(C)cc3)c2N)c1. The number of aromatic nitrogens is 3. The molecule has 3 rings (SSSR count). The zero-order valence-corrected chi connectivity index (χ0v) is 14.9. The Labute approximate surface area is 150 Å². The summed E-state index contributed by atoms with van der Waals surface area (Å²) in [4.78, 5) is 13.5. The molecule has 0 aliphatic heterocycles. The third-order valence-corrected chi connectivity index (χ3v) is 4.49. The zero-order chi connectivity index (χ0) is 17.8. The highest BCUT2D eigenvalue weighted by molar-refractivity contribution is 7.98. The van der Waals surface area contributed by atoms with Crippen molar-refractivity contribution >= 4 is 29.2 Å². The van der Waals surface area contributed by atoms with Crippen LogP contribution >= 0.6 is 11.8 Å². The van der Waals surface area contributed by atoms with Crippen LogP contribution in [0.15, 0.2) is 53.4 Å². The molecule has 0 spiro atoms. The van der Waals surface area contributed by atoms with Gasteiger partial charge in [-0.15, -0.1) is 16.9 Å². The van der Waals surface area contributed by atoms with Crippen molar-refractivity contribution in [2.75, 3.05) is 17.3 Å². The topological polar surface area (TPSA) is 85.8 Å². The molecule has 1 heterocycles. The predicted octanol–water partition coefficient (Wildman–Crippen LogP) is 3.19. The van der Waals surface area contributed by atoms with Gasteiger partial charge in [-0.05, 0) is 36.9 Å². The van der Waals surface area contributed by atoms with Gasteiger partial charge in [0.15, 0.2) is 11.5 Å². The van der Waals surface area contributed by atoms with Crippen molar-refractivity contribution in [3.8, 4) is 0 Å². The first-order valence-corrected chi connectivity index (χ1v) is 8.99. The number of nitrogens with one attached hydrogen (secondary N) is 1. The molecule has 0 bridgehead atoms. The largest absolute Gasteiger partial charge is 0.382 e. The van der Waals surface area contributed by atoms with Crippen molar-refractivity contribution in [1.29, 1.82) is 0 Å². The Hall–Kier alpha value is -2.80.